The molecule has 0 aliphatic rings. The van der Waals surface area contributed by atoms with Crippen molar-refractivity contribution < 1.29 is 0 Å². The molecule has 0 aliphatic carbocycles. The molecule has 0 aliphatic heterocycles. The van der Waals surface area contributed by atoms with Gasteiger partial charge in [-0.1, -0.05) is 12.7 Å². The van der Waals surface area contributed by atoms with Crippen molar-refractivity contribution in [2.24, 2.45) is 0 Å². The molecule has 0 saturated heterocycles. The lowest BCUT2D eigenvalue weighted by Crippen LogP contribution is -2.25. The van der Waals surface area contributed by atoms with E-state index in [9.17, 15) is 0 Å². The number of nitrogens with zero attached hydrogens (tertiary/aromatic N) is 1. The Hall–Kier alpha value is -0.920. The summed E-state index contributed by atoms with van der Waals surface area (Å²) >= 11 is 0. The van der Waals surface area contributed by atoms with Crippen LogP contribution in [0.4, 0.5) is 0 Å². The Bertz CT molecular complexity index is 107. The van der Waals surface area contributed by atoms with Crippen LogP contribution in [0, 0.1) is 0 Å². The van der Waals surface area contributed by atoms with Crippen molar-refractivity contribution in [3.05, 3.63) is 25.1 Å². The van der Waals surface area contributed by atoms with Crippen molar-refractivity contribution in [2.45, 2.75) is 0 Å². The second kappa shape index (κ2) is 4.01. The first-order valence-corrected chi connectivity index (χ1v) is 2.91. The van der Waals surface area contributed by atoms with Crippen LogP contribution in [0.2, 0.25) is 0 Å². The first kappa shape index (κ1) is 8.08. The lowest BCUT2D eigenvalue weighted by Gasteiger charge is -2.18. The highest BCUT2D eigenvalue weighted by Crippen LogP contribution is 1.90. The molecule has 0 heterocycles. The molecule has 0 amide bonds. The van der Waals surface area contributed by atoms with Gasteiger partial charge in [0.25, 0.3) is 0 Å². The van der Waals surface area contributed by atoms with Gasteiger partial charge in [-0.05, 0) is 0 Å². The molecular weight excluding hydrogens is 112 g/mol. The van der Waals surface area contributed by atoms with E-state index < -0.39 is 0 Å². The minimum atomic E-state index is 0.833. The summed E-state index contributed by atoms with van der Waals surface area (Å²) in [4.78, 5) is 1.98. The third-order valence-corrected chi connectivity index (χ3v) is 1.15. The molecule has 0 aromatic heterocycles. The molecule has 2 nitrogen and oxygen atoms in total. The Morgan fingerprint density at radius 1 is 1.78 bits per heavy atom. The molecule has 0 spiro atoms. The van der Waals surface area contributed by atoms with Gasteiger partial charge < -0.3 is 10.2 Å². The summed E-state index contributed by atoms with van der Waals surface area (Å²) in [6.45, 7) is 8.20. The molecule has 0 atom stereocenters. The van der Waals surface area contributed by atoms with E-state index in [0.29, 0.717) is 0 Å². The van der Waals surface area contributed by atoms with Gasteiger partial charge in [-0.2, -0.15) is 0 Å². The van der Waals surface area contributed by atoms with Crippen LogP contribution in [0.25, 0.3) is 0 Å². The Morgan fingerprint density at radius 2 is 2.33 bits per heavy atom. The van der Waals surface area contributed by atoms with Gasteiger partial charge in [0, 0.05) is 20.6 Å². The van der Waals surface area contributed by atoms with Gasteiger partial charge in [0.05, 0.1) is 5.82 Å². The van der Waals surface area contributed by atoms with Gasteiger partial charge in [-0.3, -0.25) is 0 Å². The van der Waals surface area contributed by atoms with Crippen LogP contribution in [-0.2, 0) is 0 Å². The highest BCUT2D eigenvalue weighted by molar-refractivity contribution is 4.90. The predicted octanol–water partition coefficient (Wildman–Crippen LogP) is 0.795. The Balaban J connectivity index is 3.58. The molecule has 2 heteroatoms. The molecule has 0 fully saturated rings. The molecule has 0 aromatic rings. The number of hydrogen-bond acceptors (Lipinski definition) is 2. The molecule has 0 saturated carbocycles. The van der Waals surface area contributed by atoms with Crippen molar-refractivity contribution in [1.29, 1.82) is 0 Å². The summed E-state index contributed by atoms with van der Waals surface area (Å²) < 4.78 is 0. The number of likely N-dealkylation sites (N-methyl/N-ethyl adjacent to an activating group) is 1. The highest BCUT2D eigenvalue weighted by atomic mass is 15.2. The van der Waals surface area contributed by atoms with E-state index in [4.69, 9.17) is 0 Å². The number of rotatable bonds is 4. The van der Waals surface area contributed by atoms with E-state index in [0.717, 1.165) is 12.4 Å². The van der Waals surface area contributed by atoms with Crippen LogP contribution in [0.5, 0.6) is 0 Å². The van der Waals surface area contributed by atoms with Crippen LogP contribution in [0.3, 0.4) is 0 Å². The third kappa shape index (κ3) is 2.80. The van der Waals surface area contributed by atoms with E-state index >= 15 is 0 Å². The molecule has 0 unspecified atom stereocenters. The van der Waals surface area contributed by atoms with Crippen molar-refractivity contribution in [3.8, 4) is 0 Å². The molecule has 9 heavy (non-hydrogen) atoms. The maximum Gasteiger partial charge on any atom is 0.0936 e. The summed E-state index contributed by atoms with van der Waals surface area (Å²) in [6.07, 6.45) is 1.84. The van der Waals surface area contributed by atoms with Gasteiger partial charge >= 0.3 is 0 Å². The van der Waals surface area contributed by atoms with Crippen molar-refractivity contribution in [1.82, 2.24) is 10.2 Å². The number of nitrogens with one attached hydrogen (secondary N) is 1. The fraction of sp³-hybridized carbons (Fsp3) is 0.429. The van der Waals surface area contributed by atoms with Crippen LogP contribution >= 0.6 is 0 Å². The molecule has 1 N–H and O–H groups in total. The fourth-order valence-electron chi connectivity index (χ4n) is 0.495. The second-order valence-corrected chi connectivity index (χ2v) is 1.87. The van der Waals surface area contributed by atoms with Crippen molar-refractivity contribution in [2.75, 3.05) is 20.6 Å². The van der Waals surface area contributed by atoms with Crippen LogP contribution < -0.4 is 5.32 Å². The van der Waals surface area contributed by atoms with E-state index in [1.54, 1.807) is 0 Å². The monoisotopic (exact) mass is 126 g/mol. The molecule has 0 rings (SSSR count). The summed E-state index contributed by atoms with van der Waals surface area (Å²) in [5, 5.41) is 2.93. The first-order chi connectivity index (χ1) is 4.22. The maximum atomic E-state index is 3.76. The average Bonchev–Trinajstić information content (AvgIpc) is 1.87. The first-order valence-electron chi connectivity index (χ1n) is 2.91. The molecule has 0 aromatic carbocycles. The van der Waals surface area contributed by atoms with Gasteiger partial charge in [0.2, 0.25) is 0 Å². The Labute approximate surface area is 56.9 Å². The average molecular weight is 126 g/mol. The van der Waals surface area contributed by atoms with Crippen LogP contribution in [0.1, 0.15) is 0 Å². The van der Waals surface area contributed by atoms with Crippen LogP contribution in [0.15, 0.2) is 25.1 Å². The fourth-order valence-corrected chi connectivity index (χ4v) is 0.495. The topological polar surface area (TPSA) is 15.3 Å². The second-order valence-electron chi connectivity index (χ2n) is 1.87. The normalized spacial score (nSPS) is 8.22. The zero-order chi connectivity index (χ0) is 7.28. The zero-order valence-electron chi connectivity index (χ0n) is 6.15. The number of hydrogen-bond donors (Lipinski definition) is 1. The van der Waals surface area contributed by atoms with Crippen LogP contribution in [-0.4, -0.2) is 25.5 Å². The lowest BCUT2D eigenvalue weighted by molar-refractivity contribution is 0.437. The summed E-state index contributed by atoms with van der Waals surface area (Å²) in [6, 6.07) is 0. The van der Waals surface area contributed by atoms with Gasteiger partial charge in [0.15, 0.2) is 0 Å². The van der Waals surface area contributed by atoms with Crippen molar-refractivity contribution in [3.63, 3.8) is 0 Å². The third-order valence-electron chi connectivity index (χ3n) is 1.15. The van der Waals surface area contributed by atoms with Crippen molar-refractivity contribution >= 4 is 0 Å². The molecule has 0 radical (unpaired) electrons. The lowest BCUT2D eigenvalue weighted by atomic mass is 10.5. The van der Waals surface area contributed by atoms with Gasteiger partial charge in [-0.25, -0.2) is 0 Å². The quantitative estimate of drug-likeness (QED) is 0.560. The summed E-state index contributed by atoms with van der Waals surface area (Å²) in [7, 11) is 3.81. The Morgan fingerprint density at radius 3 is 2.67 bits per heavy atom. The highest BCUT2D eigenvalue weighted by Gasteiger charge is 1.92. The SMILES string of the molecule is C=CCN(C)C(=C)NC. The van der Waals surface area contributed by atoms with Gasteiger partial charge in [0.1, 0.15) is 0 Å². The summed E-state index contributed by atoms with van der Waals surface area (Å²) in [5.41, 5.74) is 0. The molecular formula is C7H14N2. The minimum absolute atomic E-state index is 0.833. The largest absolute Gasteiger partial charge is 0.375 e. The van der Waals surface area contributed by atoms with E-state index in [2.05, 4.69) is 18.5 Å². The minimum Gasteiger partial charge on any atom is -0.375 e. The Kier molecular flexibility index (Phi) is 3.60. The van der Waals surface area contributed by atoms with E-state index in [1.807, 2.05) is 25.1 Å². The van der Waals surface area contributed by atoms with E-state index in [-0.39, 0.29) is 0 Å². The standard InChI is InChI=1S/C7H14N2/c1-5-6-9(4)7(2)8-3/h5,8H,1-2,6H2,3-4H3. The predicted molar refractivity (Wildman–Crippen MR) is 41.0 cm³/mol. The molecule has 52 valence electrons. The smallest absolute Gasteiger partial charge is 0.0936 e. The summed E-state index contributed by atoms with van der Waals surface area (Å²) in [5.74, 6) is 0.912. The van der Waals surface area contributed by atoms with Gasteiger partial charge in [-0.15, -0.1) is 6.58 Å². The maximum absolute atomic E-state index is 3.76. The molecule has 0 bridgehead atoms. The zero-order valence-corrected chi connectivity index (χ0v) is 6.15. The van der Waals surface area contributed by atoms with E-state index in [1.165, 1.54) is 0 Å².